The molecule has 2 atom stereocenters. The van der Waals surface area contributed by atoms with Crippen LogP contribution in [0.15, 0.2) is 18.2 Å². The topological polar surface area (TPSA) is 29.1 Å². The number of carbonyl (C=O) groups excluding carboxylic acids is 1. The molecule has 2 heteroatoms. The molecule has 0 spiro atoms. The second-order valence-electron chi connectivity index (χ2n) is 5.21. The van der Waals surface area contributed by atoms with Gasteiger partial charge in [-0.05, 0) is 44.9 Å². The van der Waals surface area contributed by atoms with Gasteiger partial charge < -0.3 is 5.32 Å². The molecule has 1 N–H and O–H groups in total. The molecule has 1 heterocycles. The quantitative estimate of drug-likeness (QED) is 0.865. The Bertz CT molecular complexity index is 425. The average molecular weight is 231 g/mol. The summed E-state index contributed by atoms with van der Waals surface area (Å²) in [5.41, 5.74) is 3.65. The second kappa shape index (κ2) is 5.01. The molecule has 2 nitrogen and oxygen atoms in total. The molecule has 2 rings (SSSR count). The fourth-order valence-corrected chi connectivity index (χ4v) is 2.61. The largest absolute Gasteiger partial charge is 0.314 e. The van der Waals surface area contributed by atoms with Crippen molar-refractivity contribution in [2.24, 2.45) is 5.92 Å². The number of benzene rings is 1. The number of aryl methyl sites for hydroxylation is 2. The van der Waals surface area contributed by atoms with Crippen LogP contribution in [0.4, 0.5) is 0 Å². The highest BCUT2D eigenvalue weighted by Crippen LogP contribution is 2.20. The number of hydrogen-bond acceptors (Lipinski definition) is 2. The summed E-state index contributed by atoms with van der Waals surface area (Å²) in [6.45, 7) is 7.24. The second-order valence-corrected chi connectivity index (χ2v) is 5.21. The molecular weight excluding hydrogens is 210 g/mol. The lowest BCUT2D eigenvalue weighted by atomic mass is 9.90. The molecule has 1 saturated heterocycles. The summed E-state index contributed by atoms with van der Waals surface area (Å²) in [6.07, 6.45) is 1.58. The first kappa shape index (κ1) is 12.3. The Hall–Kier alpha value is -1.15. The van der Waals surface area contributed by atoms with Crippen molar-refractivity contribution in [3.05, 3.63) is 34.9 Å². The molecule has 2 unspecified atom stereocenters. The van der Waals surface area contributed by atoms with Crippen LogP contribution >= 0.6 is 0 Å². The maximum absolute atomic E-state index is 12.2. The Labute approximate surface area is 103 Å². The highest BCUT2D eigenvalue weighted by atomic mass is 16.1. The monoisotopic (exact) mass is 231 g/mol. The minimum atomic E-state index is 0.204. The number of hydrogen-bond donors (Lipinski definition) is 1. The standard InChI is InChI=1S/C15H21NO/c1-10-4-5-11(2)13(8-10)9-15(17)14-6-7-16-12(14)3/h4-5,8,12,14,16H,6-7,9H2,1-3H3. The number of nitrogens with one attached hydrogen (secondary N) is 1. The molecule has 0 bridgehead atoms. The van der Waals surface area contributed by atoms with Crippen LogP contribution in [0.2, 0.25) is 0 Å². The van der Waals surface area contributed by atoms with Crippen molar-refractivity contribution in [2.45, 2.75) is 39.7 Å². The Morgan fingerprint density at radius 2 is 2.18 bits per heavy atom. The Kier molecular flexibility index (Phi) is 3.63. The van der Waals surface area contributed by atoms with Gasteiger partial charge in [0, 0.05) is 18.4 Å². The zero-order valence-electron chi connectivity index (χ0n) is 10.9. The van der Waals surface area contributed by atoms with Crippen molar-refractivity contribution in [3.8, 4) is 0 Å². The third kappa shape index (κ3) is 2.75. The van der Waals surface area contributed by atoms with E-state index in [4.69, 9.17) is 0 Å². The van der Waals surface area contributed by atoms with Gasteiger partial charge in [0.1, 0.15) is 5.78 Å². The maximum atomic E-state index is 12.2. The predicted octanol–water partition coefficient (Wildman–Crippen LogP) is 2.41. The lowest BCUT2D eigenvalue weighted by Crippen LogP contribution is -2.29. The minimum Gasteiger partial charge on any atom is -0.314 e. The highest BCUT2D eigenvalue weighted by molar-refractivity contribution is 5.84. The van der Waals surface area contributed by atoms with E-state index in [1.165, 1.54) is 16.7 Å². The Morgan fingerprint density at radius 1 is 1.41 bits per heavy atom. The molecule has 1 fully saturated rings. The minimum absolute atomic E-state index is 0.204. The van der Waals surface area contributed by atoms with Crippen molar-refractivity contribution in [1.29, 1.82) is 0 Å². The number of rotatable bonds is 3. The smallest absolute Gasteiger partial charge is 0.141 e. The van der Waals surface area contributed by atoms with E-state index in [0.29, 0.717) is 18.2 Å². The first-order valence-corrected chi connectivity index (χ1v) is 6.40. The molecule has 1 aliphatic rings. The van der Waals surface area contributed by atoms with E-state index in [2.05, 4.69) is 44.3 Å². The summed E-state index contributed by atoms with van der Waals surface area (Å²) in [5.74, 6) is 0.589. The third-order valence-electron chi connectivity index (χ3n) is 3.81. The predicted molar refractivity (Wildman–Crippen MR) is 70.2 cm³/mol. The third-order valence-corrected chi connectivity index (χ3v) is 3.81. The van der Waals surface area contributed by atoms with E-state index in [0.717, 1.165) is 13.0 Å². The summed E-state index contributed by atoms with van der Waals surface area (Å²) in [7, 11) is 0. The molecule has 0 amide bonds. The van der Waals surface area contributed by atoms with Gasteiger partial charge in [0.05, 0.1) is 0 Å². The molecular formula is C15H21NO. The van der Waals surface area contributed by atoms with E-state index < -0.39 is 0 Å². The lowest BCUT2D eigenvalue weighted by molar-refractivity contribution is -0.122. The molecule has 1 aromatic rings. The zero-order chi connectivity index (χ0) is 12.4. The summed E-state index contributed by atoms with van der Waals surface area (Å²) in [5, 5.41) is 3.34. The number of ketones is 1. The molecule has 92 valence electrons. The Balaban J connectivity index is 2.10. The van der Waals surface area contributed by atoms with E-state index in [9.17, 15) is 4.79 Å². The molecule has 1 aliphatic heterocycles. The van der Waals surface area contributed by atoms with Crippen molar-refractivity contribution in [1.82, 2.24) is 5.32 Å². The van der Waals surface area contributed by atoms with Crippen molar-refractivity contribution in [3.63, 3.8) is 0 Å². The fourth-order valence-electron chi connectivity index (χ4n) is 2.61. The maximum Gasteiger partial charge on any atom is 0.141 e. The van der Waals surface area contributed by atoms with Crippen LogP contribution in [0.1, 0.15) is 30.0 Å². The molecule has 0 aliphatic carbocycles. The summed E-state index contributed by atoms with van der Waals surface area (Å²) < 4.78 is 0. The van der Waals surface area contributed by atoms with Crippen LogP contribution in [0.25, 0.3) is 0 Å². The summed E-state index contributed by atoms with van der Waals surface area (Å²) in [6, 6.07) is 6.69. The Morgan fingerprint density at radius 3 is 2.82 bits per heavy atom. The summed E-state index contributed by atoms with van der Waals surface area (Å²) >= 11 is 0. The summed E-state index contributed by atoms with van der Waals surface area (Å²) in [4.78, 5) is 12.2. The molecule has 17 heavy (non-hydrogen) atoms. The molecule has 0 radical (unpaired) electrons. The molecule has 0 saturated carbocycles. The average Bonchev–Trinajstić information content (AvgIpc) is 2.70. The van der Waals surface area contributed by atoms with Crippen LogP contribution in [0.3, 0.4) is 0 Å². The first-order valence-electron chi connectivity index (χ1n) is 6.40. The van der Waals surface area contributed by atoms with Gasteiger partial charge in [-0.1, -0.05) is 23.8 Å². The van der Waals surface area contributed by atoms with Crippen molar-refractivity contribution in [2.75, 3.05) is 6.54 Å². The van der Waals surface area contributed by atoms with Crippen molar-refractivity contribution < 1.29 is 4.79 Å². The van der Waals surface area contributed by atoms with Crippen molar-refractivity contribution >= 4 is 5.78 Å². The number of carbonyl (C=O) groups is 1. The van der Waals surface area contributed by atoms with E-state index in [-0.39, 0.29) is 5.92 Å². The van der Waals surface area contributed by atoms with Crippen LogP contribution in [-0.2, 0) is 11.2 Å². The van der Waals surface area contributed by atoms with Crippen LogP contribution in [-0.4, -0.2) is 18.4 Å². The lowest BCUT2D eigenvalue weighted by Gasteiger charge is -2.14. The van der Waals surface area contributed by atoms with Gasteiger partial charge in [-0.15, -0.1) is 0 Å². The van der Waals surface area contributed by atoms with Gasteiger partial charge >= 0.3 is 0 Å². The van der Waals surface area contributed by atoms with Crippen LogP contribution < -0.4 is 5.32 Å². The molecule has 1 aromatic carbocycles. The van der Waals surface area contributed by atoms with Gasteiger partial charge in [0.2, 0.25) is 0 Å². The zero-order valence-corrected chi connectivity index (χ0v) is 10.9. The first-order chi connectivity index (χ1) is 8.08. The van der Waals surface area contributed by atoms with E-state index in [1.807, 2.05) is 0 Å². The number of Topliss-reactive ketones (excluding diaryl/α,β-unsaturated/α-hetero) is 1. The van der Waals surface area contributed by atoms with E-state index >= 15 is 0 Å². The van der Waals surface area contributed by atoms with Gasteiger partial charge in [0.25, 0.3) is 0 Å². The van der Waals surface area contributed by atoms with Gasteiger partial charge in [-0.3, -0.25) is 4.79 Å². The molecule has 0 aromatic heterocycles. The fraction of sp³-hybridized carbons (Fsp3) is 0.533. The van der Waals surface area contributed by atoms with Gasteiger partial charge in [-0.25, -0.2) is 0 Å². The van der Waals surface area contributed by atoms with E-state index in [1.54, 1.807) is 0 Å². The van der Waals surface area contributed by atoms with Gasteiger partial charge in [-0.2, -0.15) is 0 Å². The normalized spacial score (nSPS) is 23.9. The SMILES string of the molecule is Cc1ccc(C)c(CC(=O)C2CCNC2C)c1. The van der Waals surface area contributed by atoms with Gasteiger partial charge in [0.15, 0.2) is 0 Å². The van der Waals surface area contributed by atoms with Crippen LogP contribution in [0, 0.1) is 19.8 Å². The van der Waals surface area contributed by atoms with Crippen LogP contribution in [0.5, 0.6) is 0 Å². The highest BCUT2D eigenvalue weighted by Gasteiger charge is 2.29.